The third-order valence-corrected chi connectivity index (χ3v) is 8.86. The topological polar surface area (TPSA) is 66.9 Å². The average Bonchev–Trinajstić information content (AvgIpc) is 2.96. The molecule has 0 fully saturated rings. The molecule has 39 heavy (non-hydrogen) atoms. The fourth-order valence-electron chi connectivity index (χ4n) is 4.56. The van der Waals surface area contributed by atoms with Gasteiger partial charge in [0.25, 0.3) is 15.9 Å². The molecular formula is C31H29ClN2O4S. The molecule has 0 radical (unpaired) electrons. The van der Waals surface area contributed by atoms with Crippen molar-refractivity contribution in [1.29, 1.82) is 0 Å². The number of hydrogen-bond donors (Lipinski definition) is 0. The minimum absolute atomic E-state index is 0.0834. The summed E-state index contributed by atoms with van der Waals surface area (Å²) in [7, 11) is -3.86. The maximum Gasteiger partial charge on any atom is 0.264 e. The Labute approximate surface area is 234 Å². The van der Waals surface area contributed by atoms with Gasteiger partial charge in [0.05, 0.1) is 17.1 Å². The van der Waals surface area contributed by atoms with Gasteiger partial charge in [-0.25, -0.2) is 8.42 Å². The van der Waals surface area contributed by atoms with Crippen LogP contribution in [0.25, 0.3) is 0 Å². The Morgan fingerprint density at radius 1 is 0.897 bits per heavy atom. The van der Waals surface area contributed by atoms with Crippen molar-refractivity contribution >= 4 is 33.2 Å². The number of nitrogens with zero attached hydrogens (tertiary/aromatic N) is 2. The quantitative estimate of drug-likeness (QED) is 0.265. The Morgan fingerprint density at radius 2 is 1.56 bits per heavy atom. The van der Waals surface area contributed by atoms with Crippen LogP contribution in [0, 0.1) is 6.92 Å². The number of anilines is 1. The minimum atomic E-state index is -3.86. The molecular weight excluding hydrogens is 532 g/mol. The lowest BCUT2D eigenvalue weighted by Crippen LogP contribution is -2.38. The molecule has 6 nitrogen and oxygen atoms in total. The first kappa shape index (κ1) is 26.8. The number of aryl methyl sites for hydroxylation is 1. The number of carbonyl (C=O) groups excluding carboxylic acids is 1. The van der Waals surface area contributed by atoms with Gasteiger partial charge in [-0.2, -0.15) is 0 Å². The van der Waals surface area contributed by atoms with Gasteiger partial charge < -0.3 is 9.64 Å². The molecule has 1 amide bonds. The fraction of sp³-hybridized carbons (Fsp3) is 0.194. The molecule has 0 aliphatic carbocycles. The standard InChI is InChI=1S/C31H29ClN2O4S/c1-23-6-16-30(17-7-23)39(36,37)34(20-24-8-10-27(32)11-9-24)28-12-14-29(15-13-28)38-22-31(35)33-19-18-25-4-2-3-5-26(25)21-33/h2-17H,18-22H2,1H3. The minimum Gasteiger partial charge on any atom is -0.484 e. The highest BCUT2D eigenvalue weighted by molar-refractivity contribution is 7.92. The lowest BCUT2D eigenvalue weighted by Gasteiger charge is -2.28. The number of halogens is 1. The summed E-state index contributed by atoms with van der Waals surface area (Å²) in [6.07, 6.45) is 0.829. The third kappa shape index (κ3) is 6.27. The lowest BCUT2D eigenvalue weighted by atomic mass is 10.00. The second-order valence-electron chi connectivity index (χ2n) is 9.57. The predicted octanol–water partition coefficient (Wildman–Crippen LogP) is 6.01. The summed E-state index contributed by atoms with van der Waals surface area (Å²) in [5, 5.41) is 0.580. The maximum absolute atomic E-state index is 13.7. The van der Waals surface area contributed by atoms with Gasteiger partial charge in [0.15, 0.2) is 6.61 Å². The molecule has 0 spiro atoms. The number of sulfonamides is 1. The number of rotatable bonds is 8. The van der Waals surface area contributed by atoms with Crippen molar-refractivity contribution in [3.63, 3.8) is 0 Å². The van der Waals surface area contributed by atoms with Gasteiger partial charge in [-0.05, 0) is 78.6 Å². The second kappa shape index (κ2) is 11.5. The van der Waals surface area contributed by atoms with E-state index < -0.39 is 10.0 Å². The number of benzene rings is 4. The number of carbonyl (C=O) groups is 1. The van der Waals surface area contributed by atoms with Crippen LogP contribution >= 0.6 is 11.6 Å². The molecule has 0 unspecified atom stereocenters. The summed E-state index contributed by atoms with van der Waals surface area (Å²) < 4.78 is 34.5. The number of fused-ring (bicyclic) bond motifs is 1. The van der Waals surface area contributed by atoms with E-state index in [9.17, 15) is 13.2 Å². The number of hydrogen-bond acceptors (Lipinski definition) is 4. The van der Waals surface area contributed by atoms with Crippen LogP contribution in [0.2, 0.25) is 5.02 Å². The third-order valence-electron chi connectivity index (χ3n) is 6.82. The lowest BCUT2D eigenvalue weighted by molar-refractivity contribution is -0.134. The molecule has 0 saturated heterocycles. The van der Waals surface area contributed by atoms with Crippen molar-refractivity contribution in [2.24, 2.45) is 0 Å². The number of amides is 1. The molecule has 1 aliphatic heterocycles. The molecule has 0 aromatic heterocycles. The summed E-state index contributed by atoms with van der Waals surface area (Å²) in [4.78, 5) is 14.8. The second-order valence-corrected chi connectivity index (χ2v) is 11.9. The van der Waals surface area contributed by atoms with Crippen molar-refractivity contribution < 1.29 is 17.9 Å². The molecule has 0 bridgehead atoms. The summed E-state index contributed by atoms with van der Waals surface area (Å²) in [6, 6.07) is 28.8. The van der Waals surface area contributed by atoms with E-state index in [1.54, 1.807) is 65.6 Å². The van der Waals surface area contributed by atoms with Gasteiger partial charge in [-0.15, -0.1) is 0 Å². The van der Waals surface area contributed by atoms with E-state index in [1.165, 1.54) is 9.87 Å². The molecule has 4 aromatic rings. The Morgan fingerprint density at radius 3 is 2.26 bits per heavy atom. The van der Waals surface area contributed by atoms with E-state index in [2.05, 4.69) is 12.1 Å². The van der Waals surface area contributed by atoms with E-state index in [4.69, 9.17) is 16.3 Å². The molecule has 4 aromatic carbocycles. The highest BCUT2D eigenvalue weighted by Gasteiger charge is 2.26. The smallest absolute Gasteiger partial charge is 0.264 e. The van der Waals surface area contributed by atoms with Crippen LogP contribution in [0.4, 0.5) is 5.69 Å². The monoisotopic (exact) mass is 560 g/mol. The van der Waals surface area contributed by atoms with E-state index >= 15 is 0 Å². The SMILES string of the molecule is Cc1ccc(S(=O)(=O)N(Cc2ccc(Cl)cc2)c2ccc(OCC(=O)N3CCc4ccccc4C3)cc2)cc1. The average molecular weight is 561 g/mol. The van der Waals surface area contributed by atoms with Crippen molar-refractivity contribution in [3.8, 4) is 5.75 Å². The predicted molar refractivity (Wildman–Crippen MR) is 153 cm³/mol. The van der Waals surface area contributed by atoms with Crippen molar-refractivity contribution in [3.05, 3.63) is 124 Å². The maximum atomic E-state index is 13.7. The van der Waals surface area contributed by atoms with Crippen LogP contribution in [0.15, 0.2) is 102 Å². The van der Waals surface area contributed by atoms with Gasteiger partial charge >= 0.3 is 0 Å². The molecule has 8 heteroatoms. The van der Waals surface area contributed by atoms with Crippen LogP contribution in [0.1, 0.15) is 22.3 Å². The first-order chi connectivity index (χ1) is 18.8. The van der Waals surface area contributed by atoms with Gasteiger partial charge in [-0.1, -0.05) is 65.7 Å². The molecule has 200 valence electrons. The first-order valence-electron chi connectivity index (χ1n) is 12.7. The van der Waals surface area contributed by atoms with E-state index in [0.29, 0.717) is 29.5 Å². The zero-order valence-corrected chi connectivity index (χ0v) is 23.2. The summed E-state index contributed by atoms with van der Waals surface area (Å²) in [6.45, 7) is 3.19. The van der Waals surface area contributed by atoms with E-state index in [-0.39, 0.29) is 24.0 Å². The molecule has 1 aliphatic rings. The van der Waals surface area contributed by atoms with Gasteiger partial charge in [0.1, 0.15) is 5.75 Å². The van der Waals surface area contributed by atoms with Crippen LogP contribution in [-0.2, 0) is 34.3 Å². The zero-order valence-electron chi connectivity index (χ0n) is 21.6. The Balaban J connectivity index is 1.31. The van der Waals surface area contributed by atoms with Gasteiger partial charge in [0.2, 0.25) is 0 Å². The normalized spacial score (nSPS) is 13.0. The number of ether oxygens (including phenoxy) is 1. The van der Waals surface area contributed by atoms with Gasteiger partial charge in [-0.3, -0.25) is 9.10 Å². The summed E-state index contributed by atoms with van der Waals surface area (Å²) >= 11 is 6.03. The van der Waals surface area contributed by atoms with E-state index in [0.717, 1.165) is 23.1 Å². The molecule has 0 N–H and O–H groups in total. The molecule has 0 atom stereocenters. The Bertz CT molecular complexity index is 1550. The Kier molecular flexibility index (Phi) is 7.91. The highest BCUT2D eigenvalue weighted by atomic mass is 35.5. The molecule has 5 rings (SSSR count). The van der Waals surface area contributed by atoms with Crippen molar-refractivity contribution in [2.45, 2.75) is 31.3 Å². The van der Waals surface area contributed by atoms with Crippen LogP contribution in [0.5, 0.6) is 5.75 Å². The van der Waals surface area contributed by atoms with Crippen LogP contribution < -0.4 is 9.04 Å². The Hall–Kier alpha value is -3.81. The van der Waals surface area contributed by atoms with Crippen molar-refractivity contribution in [1.82, 2.24) is 4.90 Å². The molecule has 1 heterocycles. The van der Waals surface area contributed by atoms with Crippen molar-refractivity contribution in [2.75, 3.05) is 17.5 Å². The van der Waals surface area contributed by atoms with Crippen LogP contribution in [0.3, 0.4) is 0 Å². The zero-order chi connectivity index (χ0) is 27.4. The highest BCUT2D eigenvalue weighted by Crippen LogP contribution is 2.28. The first-order valence-corrected chi connectivity index (χ1v) is 14.5. The van der Waals surface area contributed by atoms with Crippen LogP contribution in [-0.4, -0.2) is 32.4 Å². The van der Waals surface area contributed by atoms with Gasteiger partial charge in [0, 0.05) is 18.1 Å². The largest absolute Gasteiger partial charge is 0.484 e. The van der Waals surface area contributed by atoms with E-state index in [1.807, 2.05) is 31.2 Å². The molecule has 0 saturated carbocycles. The fourth-order valence-corrected chi connectivity index (χ4v) is 6.14. The summed E-state index contributed by atoms with van der Waals surface area (Å²) in [5.74, 6) is 0.406. The summed E-state index contributed by atoms with van der Waals surface area (Å²) in [5.41, 5.74) is 4.70.